The standard InChI is InChI=1S/C6H9BNO/c9-8-7-6-4-2-1-3-5-6/h4H,1-3,5H2. The molecule has 9 heavy (non-hydrogen) atoms. The number of nitroso groups, excluding NO2 is 1. The summed E-state index contributed by atoms with van der Waals surface area (Å²) in [7, 11) is 1.42. The molecule has 0 bridgehead atoms. The predicted octanol–water partition coefficient (Wildman–Crippen LogP) is 1.83. The summed E-state index contributed by atoms with van der Waals surface area (Å²) in [6.07, 6.45) is 6.70. The van der Waals surface area contributed by atoms with Gasteiger partial charge in [0.1, 0.15) is 0 Å². The number of allylic oxidation sites excluding steroid dienone is 2. The summed E-state index contributed by atoms with van der Waals surface area (Å²) in [6.45, 7) is 0. The number of rotatable bonds is 2. The van der Waals surface area contributed by atoms with E-state index in [0.717, 1.165) is 18.3 Å². The minimum atomic E-state index is 1.03. The van der Waals surface area contributed by atoms with E-state index < -0.39 is 0 Å². The first-order valence-corrected chi connectivity index (χ1v) is 3.28. The van der Waals surface area contributed by atoms with Crippen molar-refractivity contribution in [2.45, 2.75) is 25.7 Å². The topological polar surface area (TPSA) is 29.4 Å². The average Bonchev–Trinajstić information content (AvgIpc) is 1.91. The van der Waals surface area contributed by atoms with Crippen LogP contribution >= 0.6 is 0 Å². The molecule has 2 nitrogen and oxygen atoms in total. The van der Waals surface area contributed by atoms with E-state index in [4.69, 9.17) is 0 Å². The van der Waals surface area contributed by atoms with Gasteiger partial charge in [0.15, 0.2) is 0 Å². The van der Waals surface area contributed by atoms with Gasteiger partial charge < -0.3 is 0 Å². The Morgan fingerprint density at radius 1 is 1.56 bits per heavy atom. The van der Waals surface area contributed by atoms with Crippen LogP contribution in [0.3, 0.4) is 0 Å². The third kappa shape index (κ3) is 2.00. The Hall–Kier alpha value is -0.595. The molecule has 3 heteroatoms. The number of hydrogen-bond donors (Lipinski definition) is 0. The van der Waals surface area contributed by atoms with Gasteiger partial charge in [0, 0.05) is 0 Å². The quantitative estimate of drug-likeness (QED) is 0.405. The first-order chi connectivity index (χ1) is 4.43. The first kappa shape index (κ1) is 6.52. The normalized spacial score (nSPS) is 18.4. The summed E-state index contributed by atoms with van der Waals surface area (Å²) in [6, 6.07) is 0. The predicted molar refractivity (Wildman–Crippen MR) is 38.1 cm³/mol. The first-order valence-electron chi connectivity index (χ1n) is 3.28. The van der Waals surface area contributed by atoms with Crippen LogP contribution in [-0.4, -0.2) is 7.41 Å². The van der Waals surface area contributed by atoms with Gasteiger partial charge in [-0.05, 0) is 25.7 Å². The molecule has 1 rings (SSSR count). The van der Waals surface area contributed by atoms with E-state index in [0.29, 0.717) is 0 Å². The molecule has 1 radical (unpaired) electrons. The van der Waals surface area contributed by atoms with E-state index in [2.05, 4.69) is 11.2 Å². The van der Waals surface area contributed by atoms with Gasteiger partial charge in [-0.3, -0.25) is 0 Å². The van der Waals surface area contributed by atoms with Crippen LogP contribution in [0, 0.1) is 4.91 Å². The Morgan fingerprint density at radius 3 is 3.00 bits per heavy atom. The Morgan fingerprint density at radius 2 is 2.44 bits per heavy atom. The smallest absolute Gasteiger partial charge is 0.168 e. The van der Waals surface area contributed by atoms with Gasteiger partial charge in [0.25, 0.3) is 0 Å². The summed E-state index contributed by atoms with van der Waals surface area (Å²) in [5, 5.41) is 2.72. The van der Waals surface area contributed by atoms with Gasteiger partial charge in [-0.15, -0.1) is 5.09 Å². The van der Waals surface area contributed by atoms with Crippen LogP contribution in [0.4, 0.5) is 0 Å². The molecule has 0 unspecified atom stereocenters. The van der Waals surface area contributed by atoms with Gasteiger partial charge in [0.05, 0.1) is 0 Å². The average molecular weight is 122 g/mol. The highest BCUT2D eigenvalue weighted by Gasteiger charge is 2.04. The van der Waals surface area contributed by atoms with E-state index in [1.807, 2.05) is 0 Å². The minimum Gasteiger partial charge on any atom is -0.168 e. The lowest BCUT2D eigenvalue weighted by molar-refractivity contribution is 0.720. The van der Waals surface area contributed by atoms with Crippen molar-refractivity contribution in [2.75, 3.05) is 0 Å². The Bertz CT molecular complexity index is 133. The fraction of sp³-hybridized carbons (Fsp3) is 0.667. The van der Waals surface area contributed by atoms with Gasteiger partial charge in [-0.25, -0.2) is 0 Å². The van der Waals surface area contributed by atoms with Crippen LogP contribution < -0.4 is 0 Å². The molecule has 0 N–H and O–H groups in total. The van der Waals surface area contributed by atoms with Crippen LogP contribution in [0.15, 0.2) is 16.6 Å². The second-order valence-corrected chi connectivity index (χ2v) is 2.26. The van der Waals surface area contributed by atoms with Crippen molar-refractivity contribution in [1.29, 1.82) is 0 Å². The molecule has 1 aliphatic rings. The molecular weight excluding hydrogens is 113 g/mol. The minimum absolute atomic E-state index is 1.03. The van der Waals surface area contributed by atoms with E-state index in [9.17, 15) is 4.91 Å². The second-order valence-electron chi connectivity index (χ2n) is 2.26. The Kier molecular flexibility index (Phi) is 2.49. The maximum Gasteiger partial charge on any atom is 0.369 e. The highest BCUT2D eigenvalue weighted by molar-refractivity contribution is 6.43. The van der Waals surface area contributed by atoms with Crippen molar-refractivity contribution < 1.29 is 0 Å². The third-order valence-corrected chi connectivity index (χ3v) is 1.54. The Labute approximate surface area is 55.6 Å². The summed E-state index contributed by atoms with van der Waals surface area (Å²) >= 11 is 0. The van der Waals surface area contributed by atoms with Gasteiger partial charge in [-0.1, -0.05) is 11.5 Å². The maximum atomic E-state index is 9.73. The number of nitrogens with zero attached hydrogens (tertiary/aromatic N) is 1. The fourth-order valence-electron chi connectivity index (χ4n) is 1.05. The lowest BCUT2D eigenvalue weighted by Crippen LogP contribution is -1.97. The van der Waals surface area contributed by atoms with Gasteiger partial charge in [-0.2, -0.15) is 4.91 Å². The molecule has 0 aromatic carbocycles. The molecular formula is C6H9BNO. The maximum absolute atomic E-state index is 9.73. The molecule has 47 valence electrons. The molecule has 0 fully saturated rings. The van der Waals surface area contributed by atoms with E-state index in [-0.39, 0.29) is 0 Å². The molecule has 0 aromatic heterocycles. The molecule has 0 atom stereocenters. The van der Waals surface area contributed by atoms with E-state index in [1.54, 1.807) is 0 Å². The van der Waals surface area contributed by atoms with Crippen LogP contribution in [0.2, 0.25) is 0 Å². The summed E-state index contributed by atoms with van der Waals surface area (Å²) in [5.74, 6) is 0. The summed E-state index contributed by atoms with van der Waals surface area (Å²) < 4.78 is 0. The van der Waals surface area contributed by atoms with Crippen molar-refractivity contribution in [3.63, 3.8) is 0 Å². The zero-order chi connectivity index (χ0) is 6.53. The Balaban J connectivity index is 2.36. The molecule has 0 heterocycles. The molecule has 0 aromatic rings. The monoisotopic (exact) mass is 122 g/mol. The second kappa shape index (κ2) is 3.43. The van der Waals surface area contributed by atoms with Gasteiger partial charge >= 0.3 is 7.41 Å². The molecule has 0 amide bonds. The van der Waals surface area contributed by atoms with Gasteiger partial charge in [0.2, 0.25) is 0 Å². The summed E-state index contributed by atoms with van der Waals surface area (Å²) in [5.41, 5.74) is 1.11. The molecule has 1 aliphatic carbocycles. The lowest BCUT2D eigenvalue weighted by atomic mass is 9.77. The van der Waals surface area contributed by atoms with Crippen molar-refractivity contribution in [3.8, 4) is 0 Å². The number of hydrogen-bond acceptors (Lipinski definition) is 2. The van der Waals surface area contributed by atoms with Crippen LogP contribution in [0.5, 0.6) is 0 Å². The molecule has 0 saturated carbocycles. The molecule has 0 spiro atoms. The fourth-order valence-corrected chi connectivity index (χ4v) is 1.05. The molecule has 0 aliphatic heterocycles. The van der Waals surface area contributed by atoms with Crippen LogP contribution in [-0.2, 0) is 0 Å². The SMILES string of the molecule is O=N[B]C1=CCCCC1. The molecule has 0 saturated heterocycles. The summed E-state index contributed by atoms with van der Waals surface area (Å²) in [4.78, 5) is 9.73. The largest absolute Gasteiger partial charge is 0.369 e. The lowest BCUT2D eigenvalue weighted by Gasteiger charge is -2.06. The van der Waals surface area contributed by atoms with Crippen LogP contribution in [0.25, 0.3) is 0 Å². The van der Waals surface area contributed by atoms with E-state index >= 15 is 0 Å². The van der Waals surface area contributed by atoms with Crippen LogP contribution in [0.1, 0.15) is 25.7 Å². The van der Waals surface area contributed by atoms with Crippen molar-refractivity contribution in [1.82, 2.24) is 0 Å². The van der Waals surface area contributed by atoms with E-state index in [1.165, 1.54) is 20.3 Å². The third-order valence-electron chi connectivity index (χ3n) is 1.54. The highest BCUT2D eigenvalue weighted by atomic mass is 16.2. The van der Waals surface area contributed by atoms with Crippen molar-refractivity contribution in [3.05, 3.63) is 16.5 Å². The highest BCUT2D eigenvalue weighted by Crippen LogP contribution is 2.15. The zero-order valence-electron chi connectivity index (χ0n) is 5.34. The zero-order valence-corrected chi connectivity index (χ0v) is 5.34. The van der Waals surface area contributed by atoms with Crippen molar-refractivity contribution >= 4 is 7.41 Å². The van der Waals surface area contributed by atoms with Crippen molar-refractivity contribution in [2.24, 2.45) is 5.09 Å².